The topological polar surface area (TPSA) is 61.4 Å². The van der Waals surface area contributed by atoms with Crippen molar-refractivity contribution < 1.29 is 9.90 Å². The highest BCUT2D eigenvalue weighted by Gasteiger charge is 2.26. The molecule has 0 aromatic heterocycles. The van der Waals surface area contributed by atoms with Crippen molar-refractivity contribution >= 4 is 5.91 Å². The predicted octanol–water partition coefficient (Wildman–Crippen LogP) is 1.37. The average molecular weight is 276 g/mol. The van der Waals surface area contributed by atoms with Gasteiger partial charge in [-0.25, -0.2) is 0 Å². The van der Waals surface area contributed by atoms with Crippen LogP contribution in [-0.2, 0) is 17.8 Å². The number of fused-ring (bicyclic) bond motifs is 1. The molecule has 0 fully saturated rings. The molecule has 3 N–H and O–H groups in total. The van der Waals surface area contributed by atoms with Gasteiger partial charge in [0.05, 0.1) is 11.6 Å². The molecule has 1 unspecified atom stereocenters. The highest BCUT2D eigenvalue weighted by atomic mass is 16.3. The summed E-state index contributed by atoms with van der Waals surface area (Å²) in [5, 5.41) is 16.2. The Morgan fingerprint density at radius 2 is 2.15 bits per heavy atom. The molecule has 1 aliphatic rings. The number of hydrogen-bond donors (Lipinski definition) is 3. The Labute approximate surface area is 120 Å². The molecule has 1 heterocycles. The van der Waals surface area contributed by atoms with Crippen LogP contribution in [0.3, 0.4) is 0 Å². The summed E-state index contributed by atoms with van der Waals surface area (Å²) in [7, 11) is 0. The van der Waals surface area contributed by atoms with Crippen molar-refractivity contribution in [3.8, 4) is 0 Å². The standard InChI is InChI=1S/C16H24N2O2/c1-3-8-16(2,20)11-18-15(19)14-9-12-6-4-5-7-13(12)10-17-14/h4-7,14,17,20H,3,8-11H2,1-2H3,(H,18,19)/t14-,16?/m0/s1. The van der Waals surface area contributed by atoms with Crippen molar-refractivity contribution in [2.24, 2.45) is 0 Å². The molecular formula is C16H24N2O2. The smallest absolute Gasteiger partial charge is 0.237 e. The Kier molecular flexibility index (Phi) is 4.78. The minimum atomic E-state index is -0.822. The quantitative estimate of drug-likeness (QED) is 0.761. The molecule has 0 spiro atoms. The molecule has 110 valence electrons. The number of carbonyl (C=O) groups excluding carboxylic acids is 1. The number of amides is 1. The molecule has 1 aliphatic heterocycles. The number of rotatable bonds is 5. The molecule has 1 aromatic carbocycles. The lowest BCUT2D eigenvalue weighted by molar-refractivity contribution is -0.124. The van der Waals surface area contributed by atoms with Crippen LogP contribution in [0.4, 0.5) is 0 Å². The van der Waals surface area contributed by atoms with Crippen LogP contribution in [0.25, 0.3) is 0 Å². The Morgan fingerprint density at radius 1 is 1.45 bits per heavy atom. The first-order chi connectivity index (χ1) is 9.52. The number of benzene rings is 1. The highest BCUT2D eigenvalue weighted by molar-refractivity contribution is 5.82. The van der Waals surface area contributed by atoms with Gasteiger partial charge in [-0.2, -0.15) is 0 Å². The largest absolute Gasteiger partial charge is 0.388 e. The Hall–Kier alpha value is -1.39. The molecule has 1 aromatic rings. The Balaban J connectivity index is 1.89. The zero-order chi connectivity index (χ0) is 14.6. The van der Waals surface area contributed by atoms with Gasteiger partial charge in [0.2, 0.25) is 5.91 Å². The first-order valence-electron chi connectivity index (χ1n) is 7.32. The highest BCUT2D eigenvalue weighted by Crippen LogP contribution is 2.16. The molecule has 0 bridgehead atoms. The molecular weight excluding hydrogens is 252 g/mol. The number of hydrogen-bond acceptors (Lipinski definition) is 3. The van der Waals surface area contributed by atoms with Gasteiger partial charge in [0.1, 0.15) is 0 Å². The first-order valence-corrected chi connectivity index (χ1v) is 7.32. The van der Waals surface area contributed by atoms with Crippen LogP contribution >= 0.6 is 0 Å². The van der Waals surface area contributed by atoms with Gasteiger partial charge >= 0.3 is 0 Å². The molecule has 2 atom stereocenters. The van der Waals surface area contributed by atoms with Crippen molar-refractivity contribution in [2.45, 2.75) is 51.3 Å². The van der Waals surface area contributed by atoms with Gasteiger partial charge in [-0.15, -0.1) is 0 Å². The van der Waals surface area contributed by atoms with Crippen molar-refractivity contribution in [1.29, 1.82) is 0 Å². The number of nitrogens with one attached hydrogen (secondary N) is 2. The maximum Gasteiger partial charge on any atom is 0.237 e. The van der Waals surface area contributed by atoms with E-state index in [-0.39, 0.29) is 11.9 Å². The van der Waals surface area contributed by atoms with Gasteiger partial charge in [0, 0.05) is 13.1 Å². The molecule has 1 amide bonds. The van der Waals surface area contributed by atoms with Crippen molar-refractivity contribution in [3.05, 3.63) is 35.4 Å². The Morgan fingerprint density at radius 3 is 2.85 bits per heavy atom. The molecule has 0 saturated carbocycles. The van der Waals surface area contributed by atoms with Crippen LogP contribution in [-0.4, -0.2) is 29.2 Å². The average Bonchev–Trinajstić information content (AvgIpc) is 2.44. The van der Waals surface area contributed by atoms with E-state index in [1.165, 1.54) is 11.1 Å². The van der Waals surface area contributed by atoms with E-state index in [1.807, 2.05) is 19.1 Å². The zero-order valence-corrected chi connectivity index (χ0v) is 12.3. The van der Waals surface area contributed by atoms with Crippen LogP contribution in [0, 0.1) is 0 Å². The second-order valence-electron chi connectivity index (χ2n) is 5.87. The monoisotopic (exact) mass is 276 g/mol. The van der Waals surface area contributed by atoms with Crippen LogP contribution in [0.5, 0.6) is 0 Å². The molecule has 4 heteroatoms. The molecule has 2 rings (SSSR count). The van der Waals surface area contributed by atoms with Gasteiger partial charge in [-0.3, -0.25) is 4.79 Å². The third kappa shape index (κ3) is 3.81. The van der Waals surface area contributed by atoms with Gasteiger partial charge in [-0.1, -0.05) is 37.6 Å². The van der Waals surface area contributed by atoms with E-state index < -0.39 is 5.60 Å². The summed E-state index contributed by atoms with van der Waals surface area (Å²) in [6, 6.07) is 7.97. The summed E-state index contributed by atoms with van der Waals surface area (Å²) in [6.45, 7) is 4.81. The summed E-state index contributed by atoms with van der Waals surface area (Å²) >= 11 is 0. The van der Waals surface area contributed by atoms with Crippen molar-refractivity contribution in [3.63, 3.8) is 0 Å². The van der Waals surface area contributed by atoms with Crippen LogP contribution < -0.4 is 10.6 Å². The third-order valence-corrected chi connectivity index (χ3v) is 3.83. The molecule has 4 nitrogen and oxygen atoms in total. The molecule has 0 aliphatic carbocycles. The lowest BCUT2D eigenvalue weighted by Crippen LogP contribution is -2.51. The van der Waals surface area contributed by atoms with E-state index >= 15 is 0 Å². The van der Waals surface area contributed by atoms with Gasteiger partial charge < -0.3 is 15.7 Å². The normalized spacial score (nSPS) is 20.9. The summed E-state index contributed by atoms with van der Waals surface area (Å²) in [4.78, 5) is 12.2. The van der Waals surface area contributed by atoms with Crippen LogP contribution in [0.2, 0.25) is 0 Å². The van der Waals surface area contributed by atoms with Crippen LogP contribution in [0.15, 0.2) is 24.3 Å². The van der Waals surface area contributed by atoms with E-state index in [1.54, 1.807) is 6.92 Å². The van der Waals surface area contributed by atoms with E-state index in [2.05, 4.69) is 22.8 Å². The third-order valence-electron chi connectivity index (χ3n) is 3.83. The maximum absolute atomic E-state index is 12.2. The maximum atomic E-state index is 12.2. The summed E-state index contributed by atoms with van der Waals surface area (Å²) < 4.78 is 0. The summed E-state index contributed by atoms with van der Waals surface area (Å²) in [5.41, 5.74) is 1.66. The summed E-state index contributed by atoms with van der Waals surface area (Å²) in [5.74, 6) is -0.0316. The fourth-order valence-corrected chi connectivity index (χ4v) is 2.67. The summed E-state index contributed by atoms with van der Waals surface area (Å²) in [6.07, 6.45) is 2.30. The predicted molar refractivity (Wildman–Crippen MR) is 79.3 cm³/mol. The molecule has 20 heavy (non-hydrogen) atoms. The first kappa shape index (κ1) is 15.0. The Bertz CT molecular complexity index is 471. The number of carbonyl (C=O) groups is 1. The van der Waals surface area contributed by atoms with Crippen molar-refractivity contribution in [1.82, 2.24) is 10.6 Å². The van der Waals surface area contributed by atoms with Gasteiger partial charge in [0.25, 0.3) is 0 Å². The van der Waals surface area contributed by atoms with Crippen molar-refractivity contribution in [2.75, 3.05) is 6.54 Å². The molecule has 0 radical (unpaired) electrons. The van der Waals surface area contributed by atoms with Gasteiger partial charge in [0.15, 0.2) is 0 Å². The second-order valence-corrected chi connectivity index (χ2v) is 5.87. The SMILES string of the molecule is CCCC(C)(O)CNC(=O)[C@@H]1Cc2ccccc2CN1. The van der Waals surface area contributed by atoms with E-state index in [0.717, 1.165) is 13.0 Å². The second kappa shape index (κ2) is 6.37. The minimum absolute atomic E-state index is 0.0316. The van der Waals surface area contributed by atoms with E-state index in [9.17, 15) is 9.90 Å². The van der Waals surface area contributed by atoms with E-state index in [0.29, 0.717) is 19.4 Å². The van der Waals surface area contributed by atoms with Crippen LogP contribution in [0.1, 0.15) is 37.8 Å². The van der Waals surface area contributed by atoms with Gasteiger partial charge in [-0.05, 0) is 30.9 Å². The zero-order valence-electron chi connectivity index (χ0n) is 12.3. The molecule has 0 saturated heterocycles. The fourth-order valence-electron chi connectivity index (χ4n) is 2.67. The lowest BCUT2D eigenvalue weighted by Gasteiger charge is -2.28. The fraction of sp³-hybridized carbons (Fsp3) is 0.562. The lowest BCUT2D eigenvalue weighted by atomic mass is 9.95. The minimum Gasteiger partial charge on any atom is -0.388 e. The van der Waals surface area contributed by atoms with E-state index in [4.69, 9.17) is 0 Å². The number of aliphatic hydroxyl groups is 1.